The number of rotatable bonds is 3. The summed E-state index contributed by atoms with van der Waals surface area (Å²) < 4.78 is 5.55. The van der Waals surface area contributed by atoms with Gasteiger partial charge < -0.3 is 15.0 Å². The fraction of sp³-hybridized carbons (Fsp3) is 0.750. The van der Waals surface area contributed by atoms with Gasteiger partial charge in [-0.25, -0.2) is 9.97 Å². The fourth-order valence-corrected chi connectivity index (χ4v) is 2.50. The highest BCUT2D eigenvalue weighted by molar-refractivity contribution is 5.59. The van der Waals surface area contributed by atoms with Crippen molar-refractivity contribution in [3.63, 3.8) is 0 Å². The molecule has 1 unspecified atom stereocenters. The second-order valence-corrected chi connectivity index (χ2v) is 6.74. The van der Waals surface area contributed by atoms with E-state index in [1.54, 1.807) is 0 Å². The van der Waals surface area contributed by atoms with E-state index in [2.05, 4.69) is 51.8 Å². The zero-order valence-electron chi connectivity index (χ0n) is 14.2. The minimum absolute atomic E-state index is 0.0673. The van der Waals surface area contributed by atoms with Crippen LogP contribution in [-0.2, 0) is 10.2 Å². The molecular formula is C16H28N4O. The summed E-state index contributed by atoms with van der Waals surface area (Å²) in [5.74, 6) is 2.88. The van der Waals surface area contributed by atoms with Crippen LogP contribution in [0.5, 0.6) is 0 Å². The van der Waals surface area contributed by atoms with Gasteiger partial charge in [-0.1, -0.05) is 20.8 Å². The Labute approximate surface area is 128 Å². The first-order valence-corrected chi connectivity index (χ1v) is 7.82. The maximum atomic E-state index is 5.55. The molecule has 1 aromatic rings. The van der Waals surface area contributed by atoms with Crippen LogP contribution in [-0.4, -0.2) is 42.3 Å². The first-order chi connectivity index (χ1) is 9.84. The quantitative estimate of drug-likeness (QED) is 0.928. The van der Waals surface area contributed by atoms with Crippen molar-refractivity contribution in [3.8, 4) is 0 Å². The van der Waals surface area contributed by atoms with E-state index >= 15 is 0 Å². The van der Waals surface area contributed by atoms with Crippen molar-refractivity contribution in [2.45, 2.75) is 53.0 Å². The van der Waals surface area contributed by atoms with Gasteiger partial charge in [-0.3, -0.25) is 0 Å². The minimum Gasteiger partial charge on any atom is -0.377 e. The van der Waals surface area contributed by atoms with Gasteiger partial charge in [0.2, 0.25) is 0 Å². The van der Waals surface area contributed by atoms with Gasteiger partial charge in [-0.15, -0.1) is 0 Å². The molecule has 118 valence electrons. The van der Waals surface area contributed by atoms with Gasteiger partial charge in [0.1, 0.15) is 17.5 Å². The first kappa shape index (κ1) is 16.0. The third-order valence-corrected chi connectivity index (χ3v) is 3.77. The molecule has 1 saturated heterocycles. The number of hydrogen-bond donors (Lipinski definition) is 1. The number of morpholine rings is 1. The van der Waals surface area contributed by atoms with Crippen molar-refractivity contribution in [2.24, 2.45) is 0 Å². The standard InChI is InChI=1S/C16H28N4O/c1-7-17-13-12(3)14(19-15(18-13)16(4,5)6)20-8-9-21-10-11(20)2/h11H,7-10H2,1-6H3,(H,17,18,19). The van der Waals surface area contributed by atoms with Crippen LogP contribution in [0.25, 0.3) is 0 Å². The number of hydrogen-bond acceptors (Lipinski definition) is 5. The summed E-state index contributed by atoms with van der Waals surface area (Å²) in [7, 11) is 0. The van der Waals surface area contributed by atoms with E-state index in [9.17, 15) is 0 Å². The van der Waals surface area contributed by atoms with Crippen molar-refractivity contribution in [2.75, 3.05) is 36.5 Å². The molecule has 0 aliphatic carbocycles. The summed E-state index contributed by atoms with van der Waals surface area (Å²) in [6, 6.07) is 0.342. The Kier molecular flexibility index (Phi) is 4.71. The molecule has 2 rings (SSSR count). The van der Waals surface area contributed by atoms with Crippen LogP contribution in [0, 0.1) is 6.92 Å². The van der Waals surface area contributed by atoms with Gasteiger partial charge in [0.15, 0.2) is 0 Å². The Hall–Kier alpha value is -1.36. The number of aromatic nitrogens is 2. The highest BCUT2D eigenvalue weighted by atomic mass is 16.5. The first-order valence-electron chi connectivity index (χ1n) is 7.82. The Morgan fingerprint density at radius 3 is 2.62 bits per heavy atom. The highest BCUT2D eigenvalue weighted by Crippen LogP contribution is 2.30. The summed E-state index contributed by atoms with van der Waals surface area (Å²) in [6.07, 6.45) is 0. The Morgan fingerprint density at radius 1 is 1.33 bits per heavy atom. The Morgan fingerprint density at radius 2 is 2.05 bits per heavy atom. The lowest BCUT2D eigenvalue weighted by Gasteiger charge is -2.36. The van der Waals surface area contributed by atoms with E-state index in [1.165, 1.54) is 0 Å². The number of nitrogens with zero attached hydrogens (tertiary/aromatic N) is 3. The average molecular weight is 292 g/mol. The summed E-state index contributed by atoms with van der Waals surface area (Å²) in [5, 5.41) is 3.37. The zero-order valence-corrected chi connectivity index (χ0v) is 14.2. The van der Waals surface area contributed by atoms with E-state index in [0.29, 0.717) is 6.04 Å². The van der Waals surface area contributed by atoms with Crippen molar-refractivity contribution < 1.29 is 4.74 Å². The summed E-state index contributed by atoms with van der Waals surface area (Å²) in [4.78, 5) is 12.0. The molecule has 1 aliphatic heterocycles. The topological polar surface area (TPSA) is 50.3 Å². The minimum atomic E-state index is -0.0673. The molecule has 1 atom stereocenters. The molecule has 1 aliphatic rings. The summed E-state index contributed by atoms with van der Waals surface area (Å²) in [6.45, 7) is 16.1. The Bertz CT molecular complexity index is 496. The second kappa shape index (κ2) is 6.18. The molecule has 0 amide bonds. The largest absolute Gasteiger partial charge is 0.377 e. The number of anilines is 2. The van der Waals surface area contributed by atoms with Gasteiger partial charge in [-0.05, 0) is 20.8 Å². The average Bonchev–Trinajstić information content (AvgIpc) is 2.41. The van der Waals surface area contributed by atoms with Crippen LogP contribution >= 0.6 is 0 Å². The lowest BCUT2D eigenvalue weighted by molar-refractivity contribution is 0.0984. The molecular weight excluding hydrogens is 264 g/mol. The van der Waals surface area contributed by atoms with Gasteiger partial charge in [-0.2, -0.15) is 0 Å². The van der Waals surface area contributed by atoms with Crippen molar-refractivity contribution in [1.82, 2.24) is 9.97 Å². The molecule has 0 spiro atoms. The van der Waals surface area contributed by atoms with Gasteiger partial charge in [0.05, 0.1) is 19.3 Å². The normalized spacial score (nSPS) is 19.7. The molecule has 21 heavy (non-hydrogen) atoms. The summed E-state index contributed by atoms with van der Waals surface area (Å²) in [5.41, 5.74) is 1.06. The molecule has 1 N–H and O–H groups in total. The van der Waals surface area contributed by atoms with E-state index < -0.39 is 0 Å². The maximum Gasteiger partial charge on any atom is 0.138 e. The molecule has 2 heterocycles. The monoisotopic (exact) mass is 292 g/mol. The maximum absolute atomic E-state index is 5.55. The van der Waals surface area contributed by atoms with Crippen LogP contribution in [0.1, 0.15) is 46.0 Å². The fourth-order valence-electron chi connectivity index (χ4n) is 2.50. The zero-order chi connectivity index (χ0) is 15.6. The van der Waals surface area contributed by atoms with Gasteiger partial charge >= 0.3 is 0 Å². The van der Waals surface area contributed by atoms with Crippen molar-refractivity contribution in [1.29, 1.82) is 0 Å². The van der Waals surface area contributed by atoms with Gasteiger partial charge in [0.25, 0.3) is 0 Å². The molecule has 5 heteroatoms. The SMILES string of the molecule is CCNc1nc(C(C)(C)C)nc(N2CCOCC2C)c1C. The van der Waals surface area contributed by atoms with Crippen molar-refractivity contribution in [3.05, 3.63) is 11.4 Å². The molecule has 0 bridgehead atoms. The molecule has 5 nitrogen and oxygen atoms in total. The molecule has 1 aromatic heterocycles. The Balaban J connectivity index is 2.49. The van der Waals surface area contributed by atoms with Crippen LogP contribution < -0.4 is 10.2 Å². The molecule has 1 fully saturated rings. The van der Waals surface area contributed by atoms with E-state index in [4.69, 9.17) is 14.7 Å². The van der Waals surface area contributed by atoms with Gasteiger partial charge in [0, 0.05) is 24.1 Å². The van der Waals surface area contributed by atoms with Crippen LogP contribution in [0.15, 0.2) is 0 Å². The lowest BCUT2D eigenvalue weighted by Crippen LogP contribution is -2.45. The third-order valence-electron chi connectivity index (χ3n) is 3.77. The van der Waals surface area contributed by atoms with E-state index in [1.807, 2.05) is 0 Å². The smallest absolute Gasteiger partial charge is 0.138 e. The predicted molar refractivity (Wildman–Crippen MR) is 87.3 cm³/mol. The molecule has 0 saturated carbocycles. The summed E-state index contributed by atoms with van der Waals surface area (Å²) >= 11 is 0. The second-order valence-electron chi connectivity index (χ2n) is 6.74. The van der Waals surface area contributed by atoms with E-state index in [-0.39, 0.29) is 5.41 Å². The highest BCUT2D eigenvalue weighted by Gasteiger charge is 2.27. The third kappa shape index (κ3) is 3.46. The van der Waals surface area contributed by atoms with E-state index in [0.717, 1.165) is 49.3 Å². The molecule has 0 aromatic carbocycles. The van der Waals surface area contributed by atoms with Crippen LogP contribution in [0.3, 0.4) is 0 Å². The number of ether oxygens (including phenoxy) is 1. The van der Waals surface area contributed by atoms with Crippen LogP contribution in [0.2, 0.25) is 0 Å². The van der Waals surface area contributed by atoms with Crippen LogP contribution in [0.4, 0.5) is 11.6 Å². The number of nitrogens with one attached hydrogen (secondary N) is 1. The molecule has 0 radical (unpaired) electrons. The lowest BCUT2D eigenvalue weighted by atomic mass is 9.95. The van der Waals surface area contributed by atoms with Crippen molar-refractivity contribution >= 4 is 11.6 Å². The predicted octanol–water partition coefficient (Wildman–Crippen LogP) is 2.74.